The van der Waals surface area contributed by atoms with Gasteiger partial charge < -0.3 is 21.5 Å². The minimum atomic E-state index is 0. The molecule has 0 spiro atoms. The number of carbonyl (C=O) groups is 1. The molecule has 4 aromatic rings. The van der Waals surface area contributed by atoms with E-state index in [1.165, 1.54) is 26.9 Å². The van der Waals surface area contributed by atoms with Crippen molar-refractivity contribution in [3.63, 3.8) is 0 Å². The highest BCUT2D eigenvalue weighted by Gasteiger charge is 2.26. The van der Waals surface area contributed by atoms with E-state index >= 15 is 0 Å². The third kappa shape index (κ3) is 3.13. The first-order valence-electron chi connectivity index (χ1n) is 9.67. The maximum atomic E-state index is 13.3. The third-order valence-corrected chi connectivity index (χ3v) is 6.32. The summed E-state index contributed by atoms with van der Waals surface area (Å²) in [5.41, 5.74) is 0.869. The number of rotatable bonds is 6. The molecule has 0 radical (unpaired) electrons. The Labute approximate surface area is 171 Å². The lowest BCUT2D eigenvalue weighted by Gasteiger charge is -2.35. The van der Waals surface area contributed by atoms with Crippen LogP contribution in [0.5, 0.6) is 0 Å². The van der Waals surface area contributed by atoms with E-state index in [4.69, 9.17) is 0 Å². The van der Waals surface area contributed by atoms with Gasteiger partial charge in [0.25, 0.3) is 0 Å². The van der Waals surface area contributed by atoms with Gasteiger partial charge >= 0.3 is 0 Å². The molecular weight excluding hydrogens is 398 g/mol. The number of ketones is 1. The highest BCUT2D eigenvalue weighted by molar-refractivity contribution is 6.26. The molecule has 0 aliphatic heterocycles. The van der Waals surface area contributed by atoms with Crippen molar-refractivity contribution in [1.29, 1.82) is 0 Å². The predicted molar refractivity (Wildman–Crippen MR) is 111 cm³/mol. The van der Waals surface area contributed by atoms with E-state index in [1.54, 1.807) is 0 Å². The Hall–Kier alpha value is -1.97. The van der Waals surface area contributed by atoms with Crippen LogP contribution in [0.2, 0.25) is 0 Å². The summed E-state index contributed by atoms with van der Waals surface area (Å²) in [7, 11) is 0. The summed E-state index contributed by atoms with van der Waals surface area (Å²) in [6.45, 7) is 10.1. The molecule has 0 N–H and O–H groups in total. The lowest BCUT2D eigenvalue weighted by molar-refractivity contribution is -0.915. The van der Waals surface area contributed by atoms with Crippen LogP contribution < -0.4 is 17.0 Å². The van der Waals surface area contributed by atoms with Gasteiger partial charge in [0.2, 0.25) is 5.78 Å². The molecular formula is C24H26BrNO. The first-order valence-corrected chi connectivity index (χ1v) is 9.67. The number of likely N-dealkylation sites (N-methyl/N-ethyl adjacent to an activating group) is 1. The number of halogens is 1. The number of quaternary nitrogens is 1. The van der Waals surface area contributed by atoms with Gasteiger partial charge in [0.15, 0.2) is 0 Å². The van der Waals surface area contributed by atoms with Crippen molar-refractivity contribution in [2.75, 3.05) is 26.2 Å². The average molecular weight is 424 g/mol. The van der Waals surface area contributed by atoms with Gasteiger partial charge in [-0.1, -0.05) is 48.5 Å². The minimum absolute atomic E-state index is 0. The number of hydrogen-bond acceptors (Lipinski definition) is 1. The Balaban J connectivity index is 0.00000210. The zero-order chi connectivity index (χ0) is 18.3. The lowest BCUT2D eigenvalue weighted by atomic mass is 9.90. The van der Waals surface area contributed by atoms with Gasteiger partial charge in [0.05, 0.1) is 19.6 Å². The van der Waals surface area contributed by atoms with E-state index in [-0.39, 0.29) is 22.8 Å². The third-order valence-electron chi connectivity index (χ3n) is 6.32. The standard InChI is InChI=1S/C24H26NO.BrH/c1-4-25(5-2,6-3)16-22(26)20-14-12-19-11-10-17-8-7-9-18-13-15-21(20)24(19)23(17)18;/h7-15H,4-6,16H2,1-3H3;1H/q+1;/p-1. The molecule has 140 valence electrons. The molecule has 0 aromatic heterocycles. The van der Waals surface area contributed by atoms with Gasteiger partial charge in [0, 0.05) is 5.56 Å². The van der Waals surface area contributed by atoms with Gasteiger partial charge in [-0.25, -0.2) is 0 Å². The Morgan fingerprint density at radius 2 is 1.26 bits per heavy atom. The number of hydrogen-bond donors (Lipinski definition) is 0. The Morgan fingerprint density at radius 3 is 1.85 bits per heavy atom. The largest absolute Gasteiger partial charge is 1.00 e. The molecule has 0 unspecified atom stereocenters. The molecule has 0 aliphatic carbocycles. The van der Waals surface area contributed by atoms with Crippen LogP contribution in [-0.4, -0.2) is 36.4 Å². The van der Waals surface area contributed by atoms with Crippen molar-refractivity contribution in [2.24, 2.45) is 0 Å². The first-order chi connectivity index (χ1) is 12.6. The zero-order valence-electron chi connectivity index (χ0n) is 16.3. The van der Waals surface area contributed by atoms with Crippen LogP contribution in [0, 0.1) is 0 Å². The highest BCUT2D eigenvalue weighted by atomic mass is 79.9. The molecule has 27 heavy (non-hydrogen) atoms. The maximum Gasteiger partial charge on any atom is 0.217 e. The van der Waals surface area contributed by atoms with Gasteiger partial charge in [-0.2, -0.15) is 0 Å². The molecule has 0 aliphatic rings. The molecule has 0 saturated heterocycles. The first kappa shape index (κ1) is 19.8. The fraction of sp³-hybridized carbons (Fsp3) is 0.292. The molecule has 0 heterocycles. The Morgan fingerprint density at radius 1 is 0.741 bits per heavy atom. The zero-order valence-corrected chi connectivity index (χ0v) is 17.8. The van der Waals surface area contributed by atoms with E-state index in [9.17, 15) is 4.79 Å². The van der Waals surface area contributed by atoms with E-state index in [2.05, 4.69) is 69.3 Å². The fourth-order valence-corrected chi connectivity index (χ4v) is 4.37. The van der Waals surface area contributed by atoms with Crippen LogP contribution in [0.4, 0.5) is 0 Å². The van der Waals surface area contributed by atoms with E-state index in [0.29, 0.717) is 6.54 Å². The number of carbonyl (C=O) groups excluding carboxylic acids is 1. The summed E-state index contributed by atoms with van der Waals surface area (Å²) >= 11 is 0. The second-order valence-corrected chi connectivity index (χ2v) is 7.34. The van der Waals surface area contributed by atoms with Gasteiger partial charge in [-0.05, 0) is 59.2 Å². The average Bonchev–Trinajstić information content (AvgIpc) is 2.70. The Bertz CT molecular complexity index is 1070. The summed E-state index contributed by atoms with van der Waals surface area (Å²) in [6.07, 6.45) is 0. The van der Waals surface area contributed by atoms with E-state index < -0.39 is 0 Å². The second-order valence-electron chi connectivity index (χ2n) is 7.34. The van der Waals surface area contributed by atoms with Crippen molar-refractivity contribution in [2.45, 2.75) is 20.8 Å². The fourth-order valence-electron chi connectivity index (χ4n) is 4.37. The quantitative estimate of drug-likeness (QED) is 0.264. The van der Waals surface area contributed by atoms with Gasteiger partial charge in [-0.15, -0.1) is 0 Å². The molecule has 4 rings (SSSR count). The number of nitrogens with zero attached hydrogens (tertiary/aromatic N) is 1. The molecule has 4 aromatic carbocycles. The number of benzene rings is 4. The molecule has 0 amide bonds. The molecule has 0 fully saturated rings. The SMILES string of the molecule is CC[N+](CC)(CC)CC(=O)c1ccc2ccc3cccc4ccc1c2c34.[Br-]. The van der Waals surface area contributed by atoms with Crippen LogP contribution in [0.1, 0.15) is 31.1 Å². The van der Waals surface area contributed by atoms with Gasteiger partial charge in [-0.3, -0.25) is 4.79 Å². The maximum absolute atomic E-state index is 13.3. The summed E-state index contributed by atoms with van der Waals surface area (Å²) in [5.74, 6) is 0.258. The van der Waals surface area contributed by atoms with Crippen molar-refractivity contribution in [1.82, 2.24) is 0 Å². The van der Waals surface area contributed by atoms with Crippen molar-refractivity contribution in [3.05, 3.63) is 60.2 Å². The van der Waals surface area contributed by atoms with Crippen LogP contribution in [-0.2, 0) is 0 Å². The van der Waals surface area contributed by atoms with Crippen LogP contribution >= 0.6 is 0 Å². The van der Waals surface area contributed by atoms with Crippen LogP contribution in [0.15, 0.2) is 54.6 Å². The van der Waals surface area contributed by atoms with Gasteiger partial charge in [0.1, 0.15) is 6.54 Å². The molecule has 2 nitrogen and oxygen atoms in total. The smallest absolute Gasteiger partial charge is 0.217 e. The second kappa shape index (κ2) is 7.57. The van der Waals surface area contributed by atoms with Crippen molar-refractivity contribution < 1.29 is 26.3 Å². The molecule has 0 bridgehead atoms. The summed E-state index contributed by atoms with van der Waals surface area (Å²) < 4.78 is 0.848. The Kier molecular flexibility index (Phi) is 5.55. The molecule has 0 atom stereocenters. The van der Waals surface area contributed by atoms with E-state index in [0.717, 1.165) is 35.1 Å². The van der Waals surface area contributed by atoms with Crippen molar-refractivity contribution in [3.8, 4) is 0 Å². The number of Topliss-reactive ketones (excluding diaryl/α,β-unsaturated/α-hetero) is 1. The normalized spacial score (nSPS) is 12.0. The van der Waals surface area contributed by atoms with Crippen LogP contribution in [0.3, 0.4) is 0 Å². The van der Waals surface area contributed by atoms with Crippen molar-refractivity contribution >= 4 is 38.1 Å². The minimum Gasteiger partial charge on any atom is -1.00 e. The highest BCUT2D eigenvalue weighted by Crippen LogP contribution is 2.36. The summed E-state index contributed by atoms with van der Waals surface area (Å²) in [4.78, 5) is 13.3. The summed E-state index contributed by atoms with van der Waals surface area (Å²) in [6, 6.07) is 19.2. The molecule has 3 heteroatoms. The summed E-state index contributed by atoms with van der Waals surface area (Å²) in [5, 5.41) is 7.30. The lowest BCUT2D eigenvalue weighted by Crippen LogP contribution is -3.00. The molecule has 0 saturated carbocycles. The van der Waals surface area contributed by atoms with E-state index in [1.807, 2.05) is 6.07 Å². The monoisotopic (exact) mass is 423 g/mol. The van der Waals surface area contributed by atoms with Crippen LogP contribution in [0.25, 0.3) is 32.3 Å². The predicted octanol–water partition coefficient (Wildman–Crippen LogP) is 2.65. The topological polar surface area (TPSA) is 17.1 Å².